The summed E-state index contributed by atoms with van der Waals surface area (Å²) in [4.78, 5) is 23.6. The standard InChI is InChI=1S/C16H19Cl2NO5/c1-10(24-11-2-3-12(17)13(18)8-11)15(22)19-16(9-14(20)21)4-6-23-7-5-16/h2-3,8,10H,4-7,9H2,1H3,(H,19,22)(H,20,21). The highest BCUT2D eigenvalue weighted by Crippen LogP contribution is 2.28. The zero-order chi connectivity index (χ0) is 17.7. The van der Waals surface area contributed by atoms with Gasteiger partial charge in [-0.05, 0) is 31.9 Å². The van der Waals surface area contributed by atoms with Gasteiger partial charge in [-0.25, -0.2) is 0 Å². The predicted octanol–water partition coefficient (Wildman–Crippen LogP) is 2.90. The Hall–Kier alpha value is -1.50. The Labute approximate surface area is 150 Å². The van der Waals surface area contributed by atoms with Crippen molar-refractivity contribution >= 4 is 35.1 Å². The van der Waals surface area contributed by atoms with Crippen LogP contribution in [0.1, 0.15) is 26.2 Å². The van der Waals surface area contributed by atoms with Crippen molar-refractivity contribution in [2.75, 3.05) is 13.2 Å². The third-order valence-corrected chi connectivity index (χ3v) is 4.64. The number of carboxylic acids is 1. The number of benzene rings is 1. The Bertz CT molecular complexity index is 616. The van der Waals surface area contributed by atoms with E-state index in [1.54, 1.807) is 19.1 Å². The first-order chi connectivity index (χ1) is 11.3. The maximum atomic E-state index is 12.4. The molecule has 1 fully saturated rings. The van der Waals surface area contributed by atoms with Crippen LogP contribution in [0.15, 0.2) is 18.2 Å². The van der Waals surface area contributed by atoms with Crippen molar-refractivity contribution in [1.29, 1.82) is 0 Å². The summed E-state index contributed by atoms with van der Waals surface area (Å²) in [5, 5.41) is 12.7. The number of halogens is 2. The lowest BCUT2D eigenvalue weighted by Gasteiger charge is -2.37. The summed E-state index contributed by atoms with van der Waals surface area (Å²) in [6.45, 7) is 2.41. The van der Waals surface area contributed by atoms with Crippen LogP contribution >= 0.6 is 23.2 Å². The summed E-state index contributed by atoms with van der Waals surface area (Å²) in [7, 11) is 0. The minimum Gasteiger partial charge on any atom is -0.481 e. The molecule has 1 atom stereocenters. The summed E-state index contributed by atoms with van der Waals surface area (Å²) >= 11 is 11.8. The maximum absolute atomic E-state index is 12.4. The molecule has 132 valence electrons. The van der Waals surface area contributed by atoms with E-state index in [0.29, 0.717) is 41.9 Å². The highest BCUT2D eigenvalue weighted by atomic mass is 35.5. The van der Waals surface area contributed by atoms with Gasteiger partial charge in [0.2, 0.25) is 0 Å². The Morgan fingerprint density at radius 3 is 2.58 bits per heavy atom. The molecule has 0 saturated carbocycles. The van der Waals surface area contributed by atoms with Crippen LogP contribution < -0.4 is 10.1 Å². The van der Waals surface area contributed by atoms with Gasteiger partial charge in [-0.1, -0.05) is 23.2 Å². The second kappa shape index (κ2) is 8.05. The molecular weight excluding hydrogens is 357 g/mol. The van der Waals surface area contributed by atoms with Crippen LogP contribution in [0.2, 0.25) is 10.0 Å². The van der Waals surface area contributed by atoms with Crippen LogP contribution in [0.5, 0.6) is 5.75 Å². The molecule has 2 N–H and O–H groups in total. The first-order valence-electron chi connectivity index (χ1n) is 7.55. The van der Waals surface area contributed by atoms with Crippen LogP contribution in [0, 0.1) is 0 Å². The van der Waals surface area contributed by atoms with Crippen molar-refractivity contribution in [2.24, 2.45) is 0 Å². The summed E-state index contributed by atoms with van der Waals surface area (Å²) in [5.74, 6) is -0.939. The first-order valence-corrected chi connectivity index (χ1v) is 8.30. The van der Waals surface area contributed by atoms with E-state index in [-0.39, 0.29) is 12.3 Å². The Balaban J connectivity index is 2.02. The number of rotatable bonds is 6. The second-order valence-corrected chi connectivity index (χ2v) is 6.60. The molecule has 0 aliphatic carbocycles. The third kappa shape index (κ3) is 5.00. The first kappa shape index (κ1) is 18.8. The normalized spacial score (nSPS) is 17.8. The molecule has 0 aromatic heterocycles. The smallest absolute Gasteiger partial charge is 0.305 e. The fourth-order valence-electron chi connectivity index (χ4n) is 2.57. The molecule has 2 rings (SSSR count). The largest absolute Gasteiger partial charge is 0.481 e. The van der Waals surface area contributed by atoms with Gasteiger partial charge >= 0.3 is 5.97 Å². The minimum atomic E-state index is -0.963. The number of ether oxygens (including phenoxy) is 2. The van der Waals surface area contributed by atoms with Gasteiger partial charge in [0.1, 0.15) is 5.75 Å². The van der Waals surface area contributed by atoms with Crippen molar-refractivity contribution in [3.05, 3.63) is 28.2 Å². The van der Waals surface area contributed by atoms with E-state index in [0.717, 1.165) is 0 Å². The molecule has 1 aromatic rings. The number of hydrogen-bond donors (Lipinski definition) is 2. The molecule has 8 heteroatoms. The number of aliphatic carboxylic acids is 1. The highest BCUT2D eigenvalue weighted by molar-refractivity contribution is 6.42. The average molecular weight is 376 g/mol. The summed E-state index contributed by atoms with van der Waals surface area (Å²) in [6, 6.07) is 4.71. The Morgan fingerprint density at radius 2 is 2.00 bits per heavy atom. The van der Waals surface area contributed by atoms with Crippen LogP contribution in [0.4, 0.5) is 0 Å². The highest BCUT2D eigenvalue weighted by Gasteiger charge is 2.37. The molecule has 1 unspecified atom stereocenters. The zero-order valence-electron chi connectivity index (χ0n) is 13.2. The van der Waals surface area contributed by atoms with E-state index in [4.69, 9.17) is 37.8 Å². The second-order valence-electron chi connectivity index (χ2n) is 5.79. The minimum absolute atomic E-state index is 0.151. The lowest BCUT2D eigenvalue weighted by atomic mass is 9.86. The van der Waals surface area contributed by atoms with E-state index in [9.17, 15) is 9.59 Å². The van der Waals surface area contributed by atoms with Crippen molar-refractivity contribution in [1.82, 2.24) is 5.32 Å². The number of carboxylic acid groups (broad SMARTS) is 1. The molecule has 1 heterocycles. The lowest BCUT2D eigenvalue weighted by molar-refractivity contribution is -0.141. The van der Waals surface area contributed by atoms with Gasteiger partial charge in [0, 0.05) is 19.3 Å². The Kier molecular flexibility index (Phi) is 6.32. The number of carbonyl (C=O) groups excluding carboxylic acids is 1. The molecule has 1 aromatic carbocycles. The number of carbonyl (C=O) groups is 2. The van der Waals surface area contributed by atoms with E-state index >= 15 is 0 Å². The average Bonchev–Trinajstić information content (AvgIpc) is 2.50. The monoisotopic (exact) mass is 375 g/mol. The molecule has 1 aliphatic heterocycles. The molecule has 0 spiro atoms. The molecule has 1 saturated heterocycles. The van der Waals surface area contributed by atoms with Gasteiger partial charge in [-0.15, -0.1) is 0 Å². The van der Waals surface area contributed by atoms with Gasteiger partial charge in [0.05, 0.1) is 22.0 Å². The topological polar surface area (TPSA) is 84.9 Å². The molecule has 0 radical (unpaired) electrons. The van der Waals surface area contributed by atoms with Crippen molar-refractivity contribution in [3.8, 4) is 5.75 Å². The lowest BCUT2D eigenvalue weighted by Crippen LogP contribution is -2.56. The van der Waals surface area contributed by atoms with Crippen LogP contribution in [0.3, 0.4) is 0 Å². The molecule has 24 heavy (non-hydrogen) atoms. The fraction of sp³-hybridized carbons (Fsp3) is 0.500. The van der Waals surface area contributed by atoms with Crippen molar-refractivity contribution in [2.45, 2.75) is 37.8 Å². The van der Waals surface area contributed by atoms with Gasteiger partial charge in [0.25, 0.3) is 5.91 Å². The fourth-order valence-corrected chi connectivity index (χ4v) is 2.86. The van der Waals surface area contributed by atoms with E-state index in [1.807, 2.05) is 0 Å². The van der Waals surface area contributed by atoms with Gasteiger partial charge in [-0.2, -0.15) is 0 Å². The number of nitrogens with one attached hydrogen (secondary N) is 1. The Morgan fingerprint density at radius 1 is 1.33 bits per heavy atom. The van der Waals surface area contributed by atoms with Crippen molar-refractivity contribution < 1.29 is 24.2 Å². The maximum Gasteiger partial charge on any atom is 0.305 e. The van der Waals surface area contributed by atoms with Crippen molar-refractivity contribution in [3.63, 3.8) is 0 Å². The van der Waals surface area contributed by atoms with E-state index in [1.165, 1.54) is 6.07 Å². The zero-order valence-corrected chi connectivity index (χ0v) is 14.7. The molecule has 1 amide bonds. The predicted molar refractivity (Wildman–Crippen MR) is 89.7 cm³/mol. The van der Waals surface area contributed by atoms with E-state index < -0.39 is 17.6 Å². The summed E-state index contributed by atoms with van der Waals surface area (Å²) < 4.78 is 10.8. The van der Waals surface area contributed by atoms with Crippen LogP contribution in [-0.4, -0.2) is 41.8 Å². The SMILES string of the molecule is CC(Oc1ccc(Cl)c(Cl)c1)C(=O)NC1(CC(=O)O)CCOCC1. The van der Waals surface area contributed by atoms with Gasteiger partial charge < -0.3 is 19.9 Å². The quantitative estimate of drug-likeness (QED) is 0.798. The summed E-state index contributed by atoms with van der Waals surface area (Å²) in [5.41, 5.74) is -0.809. The van der Waals surface area contributed by atoms with E-state index in [2.05, 4.69) is 5.32 Å². The molecule has 0 bridgehead atoms. The third-order valence-electron chi connectivity index (χ3n) is 3.90. The van der Waals surface area contributed by atoms with Gasteiger partial charge in [0.15, 0.2) is 6.10 Å². The molecule has 1 aliphatic rings. The number of hydrogen-bond acceptors (Lipinski definition) is 4. The van der Waals surface area contributed by atoms with Crippen LogP contribution in [-0.2, 0) is 14.3 Å². The van der Waals surface area contributed by atoms with Crippen LogP contribution in [0.25, 0.3) is 0 Å². The van der Waals surface area contributed by atoms with Gasteiger partial charge in [-0.3, -0.25) is 9.59 Å². The summed E-state index contributed by atoms with van der Waals surface area (Å²) in [6.07, 6.45) is -0.0628. The number of amides is 1. The molecular formula is C16H19Cl2NO5. The molecule has 6 nitrogen and oxygen atoms in total.